The summed E-state index contributed by atoms with van der Waals surface area (Å²) in [5, 5.41) is 4.37. The van der Waals surface area contributed by atoms with E-state index < -0.39 is 0 Å². The molecule has 2 atom stereocenters. The van der Waals surface area contributed by atoms with Crippen LogP contribution in [0.5, 0.6) is 0 Å². The number of aromatic nitrogens is 3. The van der Waals surface area contributed by atoms with Crippen molar-refractivity contribution in [2.24, 2.45) is 0 Å². The summed E-state index contributed by atoms with van der Waals surface area (Å²) in [6.45, 7) is 5.93. The normalized spacial score (nSPS) is 21.3. The van der Waals surface area contributed by atoms with Crippen molar-refractivity contribution in [3.05, 3.63) is 34.6 Å². The fourth-order valence-electron chi connectivity index (χ4n) is 4.06. The Labute approximate surface area is 144 Å². The number of aryl methyl sites for hydroxylation is 1. The van der Waals surface area contributed by atoms with Crippen LogP contribution in [0.25, 0.3) is 16.6 Å². The second-order valence-corrected chi connectivity index (χ2v) is 6.98. The lowest BCUT2D eigenvalue weighted by Crippen LogP contribution is -2.49. The number of carbonyl (C=O) groups excluding carboxylic acids is 1. The molecule has 0 aromatic carbocycles. The first kappa shape index (κ1) is 15.9. The van der Waals surface area contributed by atoms with E-state index in [9.17, 15) is 9.59 Å². The first-order valence-corrected chi connectivity index (χ1v) is 8.75. The van der Waals surface area contributed by atoms with Crippen LogP contribution in [0.2, 0.25) is 0 Å². The van der Waals surface area contributed by atoms with Crippen LogP contribution in [0, 0.1) is 6.92 Å². The van der Waals surface area contributed by atoms with Gasteiger partial charge in [0.25, 0.3) is 5.56 Å². The zero-order chi connectivity index (χ0) is 17.7. The SMILES string of the molecule is Cc1nn(CC(=O)N2[C@@H](C)CCC[C@@H]2C)c(=O)c2cc3occc3n12. The Morgan fingerprint density at radius 3 is 2.72 bits per heavy atom. The van der Waals surface area contributed by atoms with E-state index in [-0.39, 0.29) is 30.1 Å². The topological polar surface area (TPSA) is 72.8 Å². The first-order valence-electron chi connectivity index (χ1n) is 8.75. The van der Waals surface area contributed by atoms with E-state index in [1.54, 1.807) is 16.7 Å². The lowest BCUT2D eigenvalue weighted by molar-refractivity contribution is -0.138. The third-order valence-electron chi connectivity index (χ3n) is 5.23. The fraction of sp³-hybridized carbons (Fsp3) is 0.500. The Hall–Kier alpha value is -2.57. The zero-order valence-electron chi connectivity index (χ0n) is 14.7. The van der Waals surface area contributed by atoms with Gasteiger partial charge in [-0.25, -0.2) is 4.68 Å². The van der Waals surface area contributed by atoms with Gasteiger partial charge in [-0.2, -0.15) is 5.10 Å². The highest BCUT2D eigenvalue weighted by Crippen LogP contribution is 2.23. The van der Waals surface area contributed by atoms with Crippen molar-refractivity contribution in [3.63, 3.8) is 0 Å². The third-order valence-corrected chi connectivity index (χ3v) is 5.23. The van der Waals surface area contributed by atoms with Crippen LogP contribution >= 0.6 is 0 Å². The molecule has 4 heterocycles. The van der Waals surface area contributed by atoms with Crippen molar-refractivity contribution >= 4 is 22.5 Å². The van der Waals surface area contributed by atoms with Gasteiger partial charge in [-0.05, 0) is 40.0 Å². The lowest BCUT2D eigenvalue weighted by atomic mass is 9.97. The fourth-order valence-corrected chi connectivity index (χ4v) is 4.06. The molecule has 7 heteroatoms. The molecule has 0 saturated carbocycles. The van der Waals surface area contributed by atoms with Gasteiger partial charge in [-0.3, -0.25) is 14.0 Å². The second kappa shape index (κ2) is 5.75. The predicted octanol–water partition coefficient (Wildman–Crippen LogP) is 2.34. The Balaban J connectivity index is 1.73. The predicted molar refractivity (Wildman–Crippen MR) is 93.6 cm³/mol. The van der Waals surface area contributed by atoms with Crippen molar-refractivity contribution in [1.29, 1.82) is 0 Å². The molecule has 7 nitrogen and oxygen atoms in total. The average Bonchev–Trinajstić information content (AvgIpc) is 3.12. The maximum absolute atomic E-state index is 12.8. The Kier molecular flexibility index (Phi) is 3.67. The molecule has 1 fully saturated rings. The maximum atomic E-state index is 12.8. The molecule has 0 radical (unpaired) electrons. The summed E-state index contributed by atoms with van der Waals surface area (Å²) in [5.41, 5.74) is 1.66. The molecule has 3 aromatic heterocycles. The van der Waals surface area contributed by atoms with Crippen LogP contribution < -0.4 is 5.56 Å². The highest BCUT2D eigenvalue weighted by molar-refractivity contribution is 5.82. The molecule has 4 rings (SSSR count). The summed E-state index contributed by atoms with van der Waals surface area (Å²) in [6, 6.07) is 3.92. The van der Waals surface area contributed by atoms with Crippen molar-refractivity contribution in [1.82, 2.24) is 19.1 Å². The van der Waals surface area contributed by atoms with E-state index in [1.807, 2.05) is 17.9 Å². The summed E-state index contributed by atoms with van der Waals surface area (Å²) < 4.78 is 8.44. The van der Waals surface area contributed by atoms with Gasteiger partial charge in [0.05, 0.1) is 11.8 Å². The largest absolute Gasteiger partial charge is 0.463 e. The van der Waals surface area contributed by atoms with E-state index in [4.69, 9.17) is 4.42 Å². The van der Waals surface area contributed by atoms with Gasteiger partial charge in [0.2, 0.25) is 5.91 Å². The van der Waals surface area contributed by atoms with Crippen LogP contribution in [0.15, 0.2) is 27.6 Å². The number of likely N-dealkylation sites (tertiary alicyclic amines) is 1. The van der Waals surface area contributed by atoms with Gasteiger partial charge < -0.3 is 9.32 Å². The molecule has 0 unspecified atom stereocenters. The number of fused-ring (bicyclic) bond motifs is 3. The molecule has 1 saturated heterocycles. The van der Waals surface area contributed by atoms with Crippen LogP contribution in [0.3, 0.4) is 0 Å². The number of hydrogen-bond donors (Lipinski definition) is 0. The van der Waals surface area contributed by atoms with E-state index in [1.165, 1.54) is 4.68 Å². The van der Waals surface area contributed by atoms with E-state index in [0.29, 0.717) is 16.9 Å². The molecule has 0 aliphatic carbocycles. The van der Waals surface area contributed by atoms with Gasteiger partial charge >= 0.3 is 0 Å². The first-order chi connectivity index (χ1) is 12.0. The molecule has 3 aromatic rings. The summed E-state index contributed by atoms with van der Waals surface area (Å²) in [6.07, 6.45) is 4.74. The smallest absolute Gasteiger partial charge is 0.291 e. The van der Waals surface area contributed by atoms with E-state index in [2.05, 4.69) is 18.9 Å². The number of furan rings is 1. The van der Waals surface area contributed by atoms with Crippen molar-refractivity contribution in [2.75, 3.05) is 0 Å². The van der Waals surface area contributed by atoms with Crippen molar-refractivity contribution < 1.29 is 9.21 Å². The molecule has 0 N–H and O–H groups in total. The number of nitrogens with zero attached hydrogens (tertiary/aromatic N) is 4. The Bertz CT molecular complexity index is 1000. The molecular formula is C18H22N4O3. The minimum absolute atomic E-state index is 0.0304. The quantitative estimate of drug-likeness (QED) is 0.716. The number of rotatable bonds is 2. The lowest BCUT2D eigenvalue weighted by Gasteiger charge is -2.39. The van der Waals surface area contributed by atoms with Gasteiger partial charge in [-0.15, -0.1) is 0 Å². The van der Waals surface area contributed by atoms with Crippen molar-refractivity contribution in [2.45, 2.75) is 58.7 Å². The van der Waals surface area contributed by atoms with E-state index in [0.717, 1.165) is 24.8 Å². The zero-order valence-corrected chi connectivity index (χ0v) is 14.7. The third kappa shape index (κ3) is 2.45. The molecule has 1 amide bonds. The molecule has 1 aliphatic heterocycles. The number of amides is 1. The molecule has 25 heavy (non-hydrogen) atoms. The van der Waals surface area contributed by atoms with Crippen LogP contribution in [0.4, 0.5) is 0 Å². The molecule has 132 valence electrons. The monoisotopic (exact) mass is 342 g/mol. The van der Waals surface area contributed by atoms with Crippen molar-refractivity contribution in [3.8, 4) is 0 Å². The molecular weight excluding hydrogens is 320 g/mol. The summed E-state index contributed by atoms with van der Waals surface area (Å²) in [5.74, 6) is 0.604. The maximum Gasteiger partial charge on any atom is 0.291 e. The molecule has 0 spiro atoms. The van der Waals surface area contributed by atoms with Gasteiger partial charge in [0.15, 0.2) is 5.58 Å². The van der Waals surface area contributed by atoms with Crippen LogP contribution in [-0.2, 0) is 11.3 Å². The van der Waals surface area contributed by atoms with Crippen LogP contribution in [-0.4, -0.2) is 37.1 Å². The average molecular weight is 342 g/mol. The standard InChI is InChI=1S/C18H22N4O3/c1-11-5-4-6-12(2)21(11)17(23)10-20-18(24)15-9-16-14(7-8-25-16)22(15)13(3)19-20/h7-9,11-12H,4-6,10H2,1-3H3/t11-,12-/m0/s1. The minimum Gasteiger partial charge on any atom is -0.463 e. The highest BCUT2D eigenvalue weighted by atomic mass is 16.3. The van der Waals surface area contributed by atoms with Gasteiger partial charge in [0.1, 0.15) is 17.9 Å². The summed E-state index contributed by atoms with van der Waals surface area (Å²) in [7, 11) is 0. The molecule has 0 bridgehead atoms. The van der Waals surface area contributed by atoms with Crippen LogP contribution in [0.1, 0.15) is 38.9 Å². The minimum atomic E-state index is -0.275. The highest BCUT2D eigenvalue weighted by Gasteiger charge is 2.29. The van der Waals surface area contributed by atoms with E-state index >= 15 is 0 Å². The number of piperidine rings is 1. The Morgan fingerprint density at radius 1 is 1.28 bits per heavy atom. The van der Waals surface area contributed by atoms with Gasteiger partial charge in [0, 0.05) is 24.2 Å². The van der Waals surface area contributed by atoms with Gasteiger partial charge in [-0.1, -0.05) is 0 Å². The summed E-state index contributed by atoms with van der Waals surface area (Å²) >= 11 is 0. The number of carbonyl (C=O) groups is 1. The Morgan fingerprint density at radius 2 is 2.00 bits per heavy atom. The second-order valence-electron chi connectivity index (χ2n) is 6.98. The molecule has 1 aliphatic rings. The summed E-state index contributed by atoms with van der Waals surface area (Å²) in [4.78, 5) is 27.5. The number of hydrogen-bond acceptors (Lipinski definition) is 4.